The summed E-state index contributed by atoms with van der Waals surface area (Å²) in [5.74, 6) is 0.710. The van der Waals surface area contributed by atoms with Crippen LogP contribution in [0.15, 0.2) is 11.8 Å². The van der Waals surface area contributed by atoms with Crippen molar-refractivity contribution in [2.45, 2.75) is 40.5 Å². The van der Waals surface area contributed by atoms with Crippen molar-refractivity contribution >= 4 is 0 Å². The van der Waals surface area contributed by atoms with Crippen molar-refractivity contribution in [1.82, 2.24) is 0 Å². The largest absolute Gasteiger partial charge is 0.502 e. The third kappa shape index (κ3) is 4.07. The fourth-order valence-corrected chi connectivity index (χ4v) is 1.24. The van der Waals surface area contributed by atoms with Crippen molar-refractivity contribution in [2.75, 3.05) is 6.61 Å². The summed E-state index contributed by atoms with van der Waals surface area (Å²) in [7, 11) is 0. The Labute approximate surface area is 70.4 Å². The molecule has 11 heavy (non-hydrogen) atoms. The molecule has 0 saturated carbocycles. The molecule has 0 aliphatic rings. The van der Waals surface area contributed by atoms with E-state index in [9.17, 15) is 0 Å². The molecule has 0 saturated heterocycles. The van der Waals surface area contributed by atoms with Gasteiger partial charge in [-0.1, -0.05) is 13.8 Å². The second-order valence-corrected chi connectivity index (χ2v) is 2.83. The summed E-state index contributed by atoms with van der Waals surface area (Å²) in [5, 5.41) is 0. The number of hydrogen-bond acceptors (Lipinski definition) is 1. The lowest BCUT2D eigenvalue weighted by Gasteiger charge is -2.12. The average molecular weight is 156 g/mol. The van der Waals surface area contributed by atoms with Crippen molar-refractivity contribution in [3.8, 4) is 0 Å². The first-order valence-corrected chi connectivity index (χ1v) is 4.54. The molecule has 0 amide bonds. The Bertz CT molecular complexity index is 112. The Hall–Kier alpha value is -0.460. The van der Waals surface area contributed by atoms with Crippen LogP contribution in [-0.2, 0) is 4.74 Å². The fourth-order valence-electron chi connectivity index (χ4n) is 1.24. The van der Waals surface area contributed by atoms with Crippen LogP contribution in [0, 0.1) is 5.92 Å². The number of ether oxygens (including phenoxy) is 1. The highest BCUT2D eigenvalue weighted by Gasteiger charge is 2.04. The molecule has 1 heteroatoms. The van der Waals surface area contributed by atoms with E-state index < -0.39 is 0 Å². The molecule has 0 unspecified atom stereocenters. The highest BCUT2D eigenvalue weighted by molar-refractivity contribution is 4.98. The molecule has 0 spiro atoms. The zero-order valence-corrected chi connectivity index (χ0v) is 8.18. The van der Waals surface area contributed by atoms with E-state index in [1.807, 2.05) is 13.2 Å². The number of hydrogen-bond donors (Lipinski definition) is 0. The van der Waals surface area contributed by atoms with Gasteiger partial charge < -0.3 is 4.74 Å². The molecule has 0 atom stereocenters. The zero-order chi connectivity index (χ0) is 8.69. The Kier molecular flexibility index (Phi) is 6.00. The van der Waals surface area contributed by atoms with Gasteiger partial charge in [0.25, 0.3) is 0 Å². The van der Waals surface area contributed by atoms with E-state index in [1.54, 1.807) is 0 Å². The number of rotatable bonds is 5. The summed E-state index contributed by atoms with van der Waals surface area (Å²) in [6.45, 7) is 9.37. The molecule has 0 aliphatic carbocycles. The summed E-state index contributed by atoms with van der Waals surface area (Å²) in [6.07, 6.45) is 4.33. The van der Waals surface area contributed by atoms with E-state index in [2.05, 4.69) is 20.8 Å². The molecular weight excluding hydrogens is 136 g/mol. The van der Waals surface area contributed by atoms with Gasteiger partial charge >= 0.3 is 0 Å². The van der Waals surface area contributed by atoms with Gasteiger partial charge in [-0.2, -0.15) is 0 Å². The van der Waals surface area contributed by atoms with Gasteiger partial charge in [0.15, 0.2) is 0 Å². The molecule has 66 valence electrons. The van der Waals surface area contributed by atoms with Gasteiger partial charge in [0.1, 0.15) is 0 Å². The second-order valence-electron chi connectivity index (χ2n) is 2.83. The lowest BCUT2D eigenvalue weighted by Crippen LogP contribution is -1.98. The molecule has 0 rings (SSSR count). The molecule has 0 aromatic heterocycles. The predicted molar refractivity (Wildman–Crippen MR) is 49.5 cm³/mol. The summed E-state index contributed by atoms with van der Waals surface area (Å²) in [4.78, 5) is 0. The lowest BCUT2D eigenvalue weighted by atomic mass is 9.96. The van der Waals surface area contributed by atoms with Crippen molar-refractivity contribution in [1.29, 1.82) is 0 Å². The molecule has 0 aliphatic heterocycles. The van der Waals surface area contributed by atoms with Crippen molar-refractivity contribution in [3.63, 3.8) is 0 Å². The van der Waals surface area contributed by atoms with Gasteiger partial charge in [-0.3, -0.25) is 0 Å². The van der Waals surface area contributed by atoms with Crippen molar-refractivity contribution in [3.05, 3.63) is 11.8 Å². The molecule has 0 radical (unpaired) electrons. The van der Waals surface area contributed by atoms with Crippen LogP contribution in [0.1, 0.15) is 40.5 Å². The van der Waals surface area contributed by atoms with Gasteiger partial charge in [-0.15, -0.1) is 0 Å². The van der Waals surface area contributed by atoms with Gasteiger partial charge in [0, 0.05) is 0 Å². The third-order valence-corrected chi connectivity index (χ3v) is 2.07. The van der Waals surface area contributed by atoms with E-state index in [0.29, 0.717) is 5.92 Å². The van der Waals surface area contributed by atoms with Crippen LogP contribution in [0.2, 0.25) is 0 Å². The summed E-state index contributed by atoms with van der Waals surface area (Å²) in [6, 6.07) is 0. The van der Waals surface area contributed by atoms with Crippen LogP contribution in [-0.4, -0.2) is 6.61 Å². The molecular formula is C10H20O. The monoisotopic (exact) mass is 156 g/mol. The summed E-state index contributed by atoms with van der Waals surface area (Å²) >= 11 is 0. The lowest BCUT2D eigenvalue weighted by molar-refractivity contribution is 0.262. The quantitative estimate of drug-likeness (QED) is 0.554. The fraction of sp³-hybridized carbons (Fsp3) is 0.800. The van der Waals surface area contributed by atoms with Gasteiger partial charge in [-0.05, 0) is 38.2 Å². The first-order chi connectivity index (χ1) is 5.26. The van der Waals surface area contributed by atoms with Gasteiger partial charge in [-0.25, -0.2) is 0 Å². The molecule has 1 nitrogen and oxygen atoms in total. The normalized spacial score (nSPS) is 12.3. The maximum Gasteiger partial charge on any atom is 0.0845 e. The second kappa shape index (κ2) is 6.26. The minimum absolute atomic E-state index is 0.710. The first kappa shape index (κ1) is 10.5. The minimum Gasteiger partial charge on any atom is -0.502 e. The van der Waals surface area contributed by atoms with Crippen molar-refractivity contribution < 1.29 is 4.74 Å². The Morgan fingerprint density at radius 2 is 1.82 bits per heavy atom. The molecule has 0 heterocycles. The molecule has 0 fully saturated rings. The van der Waals surface area contributed by atoms with E-state index in [0.717, 1.165) is 6.61 Å². The smallest absolute Gasteiger partial charge is 0.0845 e. The Morgan fingerprint density at radius 3 is 2.18 bits per heavy atom. The highest BCUT2D eigenvalue weighted by Crippen LogP contribution is 2.17. The van der Waals surface area contributed by atoms with Gasteiger partial charge in [0.05, 0.1) is 12.9 Å². The first-order valence-electron chi connectivity index (χ1n) is 4.54. The number of allylic oxidation sites excluding steroid dienone is 1. The zero-order valence-electron chi connectivity index (χ0n) is 8.18. The van der Waals surface area contributed by atoms with E-state index in [-0.39, 0.29) is 0 Å². The molecule has 0 bridgehead atoms. The van der Waals surface area contributed by atoms with Crippen LogP contribution in [0.3, 0.4) is 0 Å². The maximum absolute atomic E-state index is 5.22. The molecule has 0 aromatic carbocycles. The Morgan fingerprint density at radius 1 is 1.27 bits per heavy atom. The van der Waals surface area contributed by atoms with E-state index in [4.69, 9.17) is 4.74 Å². The standard InChI is InChI=1S/C10H20O/c1-5-10(6-2)9(4)8-11-7-3/h8,10H,5-7H2,1-4H3. The summed E-state index contributed by atoms with van der Waals surface area (Å²) < 4.78 is 5.22. The van der Waals surface area contributed by atoms with Crippen molar-refractivity contribution in [2.24, 2.45) is 5.92 Å². The van der Waals surface area contributed by atoms with Crippen LogP contribution >= 0.6 is 0 Å². The average Bonchev–Trinajstić information content (AvgIpc) is 2.03. The Balaban J connectivity index is 3.85. The van der Waals surface area contributed by atoms with Crippen LogP contribution in [0.5, 0.6) is 0 Å². The maximum atomic E-state index is 5.22. The molecule has 0 aromatic rings. The predicted octanol–water partition coefficient (Wildman–Crippen LogP) is 3.36. The topological polar surface area (TPSA) is 9.23 Å². The third-order valence-electron chi connectivity index (χ3n) is 2.07. The van der Waals surface area contributed by atoms with E-state index >= 15 is 0 Å². The van der Waals surface area contributed by atoms with Gasteiger partial charge in [0.2, 0.25) is 0 Å². The van der Waals surface area contributed by atoms with E-state index in [1.165, 1.54) is 18.4 Å². The van der Waals surface area contributed by atoms with Crippen LogP contribution in [0.25, 0.3) is 0 Å². The van der Waals surface area contributed by atoms with Crippen LogP contribution in [0.4, 0.5) is 0 Å². The molecule has 0 N–H and O–H groups in total. The minimum atomic E-state index is 0.710. The SMILES string of the molecule is CCOC=C(C)C(CC)CC. The summed E-state index contributed by atoms with van der Waals surface area (Å²) in [5.41, 5.74) is 1.37. The van der Waals surface area contributed by atoms with Crippen LogP contribution < -0.4 is 0 Å². The highest BCUT2D eigenvalue weighted by atomic mass is 16.5.